The van der Waals surface area contributed by atoms with Crippen molar-refractivity contribution in [2.45, 2.75) is 25.8 Å². The molecule has 2 aromatic carbocycles. The van der Waals surface area contributed by atoms with Gasteiger partial charge in [0, 0.05) is 11.6 Å². The molecule has 0 spiro atoms. The minimum atomic E-state index is -0.232. The fourth-order valence-electron chi connectivity index (χ4n) is 2.83. The van der Waals surface area contributed by atoms with Crippen molar-refractivity contribution in [2.24, 2.45) is 0 Å². The van der Waals surface area contributed by atoms with E-state index in [-0.39, 0.29) is 12.1 Å². The van der Waals surface area contributed by atoms with Crippen molar-refractivity contribution >= 4 is 17.6 Å². The van der Waals surface area contributed by atoms with E-state index in [1.54, 1.807) is 21.3 Å². The van der Waals surface area contributed by atoms with Crippen molar-refractivity contribution in [3.63, 3.8) is 0 Å². The quantitative estimate of drug-likeness (QED) is 0.607. The van der Waals surface area contributed by atoms with Gasteiger partial charge in [0.05, 0.1) is 27.4 Å². The molecular formula is C21H27ClN2O4. The first-order chi connectivity index (χ1) is 13.5. The van der Waals surface area contributed by atoms with Crippen molar-refractivity contribution in [1.29, 1.82) is 0 Å². The number of methoxy groups -OCH3 is 3. The number of nitrogens with one attached hydrogen (secondary N) is 2. The first kappa shape index (κ1) is 21.7. The number of carbonyl (C=O) groups is 1. The van der Waals surface area contributed by atoms with Crippen molar-refractivity contribution in [3.8, 4) is 17.2 Å². The average Bonchev–Trinajstić information content (AvgIpc) is 2.71. The van der Waals surface area contributed by atoms with E-state index in [1.165, 1.54) is 5.56 Å². The van der Waals surface area contributed by atoms with Crippen LogP contribution < -0.4 is 24.8 Å². The summed E-state index contributed by atoms with van der Waals surface area (Å²) < 4.78 is 16.0. The lowest BCUT2D eigenvalue weighted by atomic mass is 10.1. The number of hydrogen-bond donors (Lipinski definition) is 2. The molecule has 2 aromatic rings. The third-order valence-corrected chi connectivity index (χ3v) is 4.63. The fourth-order valence-corrected chi connectivity index (χ4v) is 2.95. The normalized spacial score (nSPS) is 11.5. The monoisotopic (exact) mass is 406 g/mol. The van der Waals surface area contributed by atoms with Crippen LogP contribution in [0.5, 0.6) is 17.2 Å². The van der Waals surface area contributed by atoms with Gasteiger partial charge >= 0.3 is 6.03 Å². The smallest absolute Gasteiger partial charge is 0.315 e. The molecule has 0 aliphatic carbocycles. The highest BCUT2D eigenvalue weighted by Gasteiger charge is 2.17. The van der Waals surface area contributed by atoms with Crippen molar-refractivity contribution in [1.82, 2.24) is 10.6 Å². The van der Waals surface area contributed by atoms with Crippen LogP contribution in [0.3, 0.4) is 0 Å². The fraction of sp³-hybridized carbons (Fsp3) is 0.381. The van der Waals surface area contributed by atoms with Crippen LogP contribution in [-0.2, 0) is 6.42 Å². The Balaban J connectivity index is 1.87. The minimum Gasteiger partial charge on any atom is -0.493 e. The van der Waals surface area contributed by atoms with Crippen molar-refractivity contribution in [3.05, 3.63) is 52.5 Å². The number of benzene rings is 2. The van der Waals surface area contributed by atoms with Crippen LogP contribution in [0.15, 0.2) is 36.4 Å². The van der Waals surface area contributed by atoms with E-state index in [0.717, 1.165) is 23.4 Å². The molecule has 0 saturated carbocycles. The van der Waals surface area contributed by atoms with Gasteiger partial charge in [-0.3, -0.25) is 0 Å². The largest absolute Gasteiger partial charge is 0.493 e. The van der Waals surface area contributed by atoms with E-state index in [4.69, 9.17) is 25.8 Å². The second-order valence-electron chi connectivity index (χ2n) is 6.31. The molecule has 6 nitrogen and oxygen atoms in total. The Kier molecular flexibility index (Phi) is 8.26. The summed E-state index contributed by atoms with van der Waals surface area (Å²) in [6, 6.07) is 10.9. The Morgan fingerprint density at radius 2 is 1.64 bits per heavy atom. The van der Waals surface area contributed by atoms with Crippen LogP contribution in [-0.4, -0.2) is 33.9 Å². The topological polar surface area (TPSA) is 68.8 Å². The molecule has 2 N–H and O–H groups in total. The van der Waals surface area contributed by atoms with Gasteiger partial charge in [0.25, 0.3) is 0 Å². The van der Waals surface area contributed by atoms with Crippen molar-refractivity contribution in [2.75, 3.05) is 27.9 Å². The highest BCUT2D eigenvalue weighted by molar-refractivity contribution is 6.30. The number of hydrogen-bond acceptors (Lipinski definition) is 4. The van der Waals surface area contributed by atoms with Gasteiger partial charge in [-0.15, -0.1) is 0 Å². The number of urea groups is 1. The third kappa shape index (κ3) is 5.96. The molecule has 2 rings (SSSR count). The minimum absolute atomic E-state index is 0.225. The van der Waals surface area contributed by atoms with Gasteiger partial charge in [-0.25, -0.2) is 4.79 Å². The van der Waals surface area contributed by atoms with E-state index in [9.17, 15) is 4.79 Å². The Bertz CT molecular complexity index is 755. The Morgan fingerprint density at radius 1 is 1.04 bits per heavy atom. The van der Waals surface area contributed by atoms with Gasteiger partial charge < -0.3 is 24.8 Å². The lowest BCUT2D eigenvalue weighted by molar-refractivity contribution is 0.237. The van der Waals surface area contributed by atoms with Gasteiger partial charge in [-0.2, -0.15) is 0 Å². The van der Waals surface area contributed by atoms with E-state index in [1.807, 2.05) is 43.3 Å². The molecular weight excluding hydrogens is 380 g/mol. The third-order valence-electron chi connectivity index (χ3n) is 4.38. The molecule has 0 aromatic heterocycles. The summed E-state index contributed by atoms with van der Waals surface area (Å²) in [5, 5.41) is 6.53. The summed E-state index contributed by atoms with van der Waals surface area (Å²) in [4.78, 5) is 12.2. The Hall–Kier alpha value is -2.60. The van der Waals surface area contributed by atoms with Crippen LogP contribution in [0.25, 0.3) is 0 Å². The molecule has 0 heterocycles. The maximum atomic E-state index is 12.2. The zero-order valence-corrected chi connectivity index (χ0v) is 17.4. The van der Waals surface area contributed by atoms with Gasteiger partial charge in [0.1, 0.15) is 0 Å². The molecule has 0 aliphatic rings. The predicted molar refractivity (Wildman–Crippen MR) is 111 cm³/mol. The highest BCUT2D eigenvalue weighted by atomic mass is 35.5. The molecule has 1 atom stereocenters. The van der Waals surface area contributed by atoms with Gasteiger partial charge in [-0.1, -0.05) is 23.7 Å². The molecule has 152 valence electrons. The van der Waals surface area contributed by atoms with E-state index < -0.39 is 0 Å². The molecule has 2 amide bonds. The van der Waals surface area contributed by atoms with Crippen LogP contribution in [0.2, 0.25) is 5.02 Å². The summed E-state index contributed by atoms with van der Waals surface area (Å²) in [6.07, 6.45) is 1.72. The van der Waals surface area contributed by atoms with E-state index >= 15 is 0 Å². The molecule has 28 heavy (non-hydrogen) atoms. The first-order valence-electron chi connectivity index (χ1n) is 9.07. The molecule has 0 saturated heterocycles. The number of aryl methyl sites for hydroxylation is 1. The number of rotatable bonds is 9. The van der Waals surface area contributed by atoms with Gasteiger partial charge in [-0.05, 0) is 55.2 Å². The number of carbonyl (C=O) groups excluding carboxylic acids is 1. The average molecular weight is 407 g/mol. The number of ether oxygens (including phenoxy) is 3. The van der Waals surface area contributed by atoms with Crippen molar-refractivity contribution < 1.29 is 19.0 Å². The number of amides is 2. The second kappa shape index (κ2) is 10.7. The standard InChI is InChI=1S/C21H27ClN2O4/c1-14(16-12-18(26-2)20(28-4)19(13-16)27-3)24-21(25)23-11-5-6-15-7-9-17(22)10-8-15/h7-10,12-14H,5-6,11H2,1-4H3,(H2,23,24,25). The zero-order chi connectivity index (χ0) is 20.5. The van der Waals surface area contributed by atoms with Crippen LogP contribution in [0.4, 0.5) is 4.79 Å². The Labute approximate surface area is 171 Å². The Morgan fingerprint density at radius 3 is 2.18 bits per heavy atom. The molecule has 0 radical (unpaired) electrons. The zero-order valence-electron chi connectivity index (χ0n) is 16.7. The van der Waals surface area contributed by atoms with E-state index in [2.05, 4.69) is 10.6 Å². The summed E-state index contributed by atoms with van der Waals surface area (Å²) >= 11 is 5.88. The highest BCUT2D eigenvalue weighted by Crippen LogP contribution is 2.39. The SMILES string of the molecule is COc1cc(C(C)NC(=O)NCCCc2ccc(Cl)cc2)cc(OC)c1OC. The lowest BCUT2D eigenvalue weighted by Gasteiger charge is -2.19. The maximum Gasteiger partial charge on any atom is 0.315 e. The summed E-state index contributed by atoms with van der Waals surface area (Å²) in [7, 11) is 4.68. The summed E-state index contributed by atoms with van der Waals surface area (Å²) in [5.74, 6) is 1.62. The molecule has 1 unspecified atom stereocenters. The lowest BCUT2D eigenvalue weighted by Crippen LogP contribution is -2.37. The van der Waals surface area contributed by atoms with Gasteiger partial charge in [0.15, 0.2) is 11.5 Å². The van der Waals surface area contributed by atoms with Crippen LogP contribution >= 0.6 is 11.6 Å². The van der Waals surface area contributed by atoms with Crippen LogP contribution in [0.1, 0.15) is 30.5 Å². The summed E-state index contributed by atoms with van der Waals surface area (Å²) in [5.41, 5.74) is 2.04. The number of halogens is 1. The maximum absolute atomic E-state index is 12.2. The van der Waals surface area contributed by atoms with Gasteiger partial charge in [0.2, 0.25) is 5.75 Å². The molecule has 0 aliphatic heterocycles. The van der Waals surface area contributed by atoms with E-state index in [0.29, 0.717) is 23.8 Å². The molecule has 7 heteroatoms. The second-order valence-corrected chi connectivity index (χ2v) is 6.75. The molecule has 0 bridgehead atoms. The first-order valence-corrected chi connectivity index (χ1v) is 9.45. The van der Waals surface area contributed by atoms with Crippen LogP contribution in [0, 0.1) is 0 Å². The predicted octanol–water partition coefficient (Wildman–Crippen LogP) is 4.36. The summed E-state index contributed by atoms with van der Waals surface area (Å²) in [6.45, 7) is 2.48. The molecule has 0 fully saturated rings.